The van der Waals surface area contributed by atoms with Crippen molar-refractivity contribution in [2.45, 2.75) is 92.1 Å². The molecule has 0 amide bonds. The zero-order chi connectivity index (χ0) is 25.3. The molecule has 3 rings (SSSR count). The molecule has 3 heterocycles. The lowest BCUT2D eigenvalue weighted by Crippen LogP contribution is -2.62. The summed E-state index contributed by atoms with van der Waals surface area (Å²) in [6, 6.07) is 0. The SMILES string of the molecule is OC[C@H]1O[C@H](OC[C@H]2O[C@H](OC[C@H]3OC(O)[C@@H](O)[C@@H](O)[C@@H]3O)[C@H](O)[C@@H](O)[C@H]2O)[C@H](O)[C@@H](O)[C@H]1O. The third-order valence-corrected chi connectivity index (χ3v) is 6.05. The van der Waals surface area contributed by atoms with Crippen molar-refractivity contribution in [2.24, 2.45) is 0 Å². The van der Waals surface area contributed by atoms with Crippen molar-refractivity contribution in [3.05, 3.63) is 0 Å². The maximum atomic E-state index is 10.2. The minimum atomic E-state index is -1.82. The molecule has 200 valence electrons. The molecule has 0 spiro atoms. The predicted molar refractivity (Wildman–Crippen MR) is 101 cm³/mol. The molecule has 3 aliphatic heterocycles. The van der Waals surface area contributed by atoms with Gasteiger partial charge >= 0.3 is 0 Å². The molecule has 34 heavy (non-hydrogen) atoms. The van der Waals surface area contributed by atoms with E-state index < -0.39 is 112 Å². The molecule has 0 aliphatic carbocycles. The summed E-state index contributed by atoms with van der Waals surface area (Å²) < 4.78 is 26.1. The van der Waals surface area contributed by atoms with Crippen molar-refractivity contribution in [3.8, 4) is 0 Å². The van der Waals surface area contributed by atoms with Gasteiger partial charge in [-0.2, -0.15) is 0 Å². The lowest BCUT2D eigenvalue weighted by molar-refractivity contribution is -0.340. The molecule has 15 atom stereocenters. The first-order valence-electron chi connectivity index (χ1n) is 10.6. The van der Waals surface area contributed by atoms with Gasteiger partial charge in [-0.25, -0.2) is 0 Å². The van der Waals surface area contributed by atoms with Crippen LogP contribution in [0.4, 0.5) is 0 Å². The maximum absolute atomic E-state index is 10.2. The van der Waals surface area contributed by atoms with Gasteiger partial charge < -0.3 is 79.9 Å². The van der Waals surface area contributed by atoms with Gasteiger partial charge in [-0.1, -0.05) is 0 Å². The fourth-order valence-electron chi connectivity index (χ4n) is 3.84. The number of hydrogen-bond donors (Lipinski definition) is 11. The Morgan fingerprint density at radius 3 is 1.29 bits per heavy atom. The molecule has 0 aromatic carbocycles. The van der Waals surface area contributed by atoms with E-state index in [0.29, 0.717) is 0 Å². The summed E-state index contributed by atoms with van der Waals surface area (Å²) in [7, 11) is 0. The van der Waals surface area contributed by atoms with Crippen molar-refractivity contribution in [1.29, 1.82) is 0 Å². The van der Waals surface area contributed by atoms with Gasteiger partial charge in [0.25, 0.3) is 0 Å². The van der Waals surface area contributed by atoms with E-state index >= 15 is 0 Å². The minimum absolute atomic E-state index is 0.570. The lowest BCUT2D eigenvalue weighted by Gasteiger charge is -2.43. The average molecular weight is 504 g/mol. The van der Waals surface area contributed by atoms with Crippen molar-refractivity contribution in [1.82, 2.24) is 0 Å². The smallest absolute Gasteiger partial charge is 0.186 e. The van der Waals surface area contributed by atoms with Crippen LogP contribution in [0.1, 0.15) is 0 Å². The number of aliphatic hydroxyl groups excluding tert-OH is 11. The molecular formula is C18H32O16. The van der Waals surface area contributed by atoms with E-state index in [1.165, 1.54) is 0 Å². The van der Waals surface area contributed by atoms with Crippen molar-refractivity contribution < 1.29 is 79.9 Å². The first-order valence-corrected chi connectivity index (χ1v) is 10.6. The van der Waals surface area contributed by atoms with E-state index in [9.17, 15) is 56.2 Å². The highest BCUT2D eigenvalue weighted by molar-refractivity contribution is 4.92. The zero-order valence-electron chi connectivity index (χ0n) is 17.7. The summed E-state index contributed by atoms with van der Waals surface area (Å²) in [5.41, 5.74) is 0. The highest BCUT2D eigenvalue weighted by Crippen LogP contribution is 2.27. The van der Waals surface area contributed by atoms with Crippen LogP contribution in [0.25, 0.3) is 0 Å². The topological polar surface area (TPSA) is 269 Å². The number of aliphatic hydroxyl groups is 11. The highest BCUT2D eigenvalue weighted by atomic mass is 16.7. The van der Waals surface area contributed by atoms with Gasteiger partial charge in [-0.3, -0.25) is 0 Å². The van der Waals surface area contributed by atoms with E-state index in [4.69, 9.17) is 23.7 Å². The second kappa shape index (κ2) is 11.6. The van der Waals surface area contributed by atoms with Gasteiger partial charge in [0.15, 0.2) is 18.9 Å². The van der Waals surface area contributed by atoms with Crippen LogP contribution in [-0.4, -0.2) is 168 Å². The molecule has 0 aromatic rings. The molecule has 3 saturated heterocycles. The van der Waals surface area contributed by atoms with Crippen LogP contribution in [0.5, 0.6) is 0 Å². The second-order valence-electron chi connectivity index (χ2n) is 8.42. The molecular weight excluding hydrogens is 472 g/mol. The minimum Gasteiger partial charge on any atom is -0.394 e. The van der Waals surface area contributed by atoms with Crippen LogP contribution in [0, 0.1) is 0 Å². The summed E-state index contributed by atoms with van der Waals surface area (Å²) in [5, 5.41) is 108. The monoisotopic (exact) mass is 504 g/mol. The van der Waals surface area contributed by atoms with Crippen LogP contribution in [0.2, 0.25) is 0 Å². The molecule has 0 bridgehead atoms. The molecule has 3 fully saturated rings. The highest BCUT2D eigenvalue weighted by Gasteiger charge is 2.48. The largest absolute Gasteiger partial charge is 0.394 e. The Kier molecular flexibility index (Phi) is 9.54. The quantitative estimate of drug-likeness (QED) is 0.154. The molecule has 0 saturated carbocycles. The third kappa shape index (κ3) is 5.68. The molecule has 16 nitrogen and oxygen atoms in total. The third-order valence-electron chi connectivity index (χ3n) is 6.05. The van der Waals surface area contributed by atoms with E-state index in [-0.39, 0.29) is 0 Å². The molecule has 3 aliphatic rings. The van der Waals surface area contributed by atoms with Gasteiger partial charge in [-0.05, 0) is 0 Å². The van der Waals surface area contributed by atoms with Crippen molar-refractivity contribution in [2.75, 3.05) is 19.8 Å². The van der Waals surface area contributed by atoms with Crippen LogP contribution in [-0.2, 0) is 23.7 Å². The van der Waals surface area contributed by atoms with E-state index in [1.54, 1.807) is 0 Å². The number of hydrogen-bond acceptors (Lipinski definition) is 16. The maximum Gasteiger partial charge on any atom is 0.186 e. The Labute approximate surface area is 192 Å². The molecule has 1 unspecified atom stereocenters. The first kappa shape index (κ1) is 27.9. The van der Waals surface area contributed by atoms with E-state index in [0.717, 1.165) is 0 Å². The Balaban J connectivity index is 1.58. The van der Waals surface area contributed by atoms with Crippen LogP contribution < -0.4 is 0 Å². The summed E-state index contributed by atoms with van der Waals surface area (Å²) in [5.74, 6) is 0. The van der Waals surface area contributed by atoms with Gasteiger partial charge in [0, 0.05) is 0 Å². The van der Waals surface area contributed by atoms with Crippen molar-refractivity contribution in [3.63, 3.8) is 0 Å². The average Bonchev–Trinajstić information content (AvgIpc) is 2.82. The van der Waals surface area contributed by atoms with E-state index in [1.807, 2.05) is 0 Å². The normalized spacial score (nSPS) is 52.5. The Morgan fingerprint density at radius 1 is 0.441 bits per heavy atom. The fourth-order valence-corrected chi connectivity index (χ4v) is 3.84. The lowest BCUT2D eigenvalue weighted by atomic mass is 9.98. The van der Waals surface area contributed by atoms with Gasteiger partial charge in [0.05, 0.1) is 19.8 Å². The Hall–Kier alpha value is -0.640. The predicted octanol–water partition coefficient (Wildman–Crippen LogP) is -7.57. The second-order valence-corrected chi connectivity index (χ2v) is 8.42. The standard InChI is InChI=1S/C18H32O16/c19-1-4-7(20)11(24)14(27)17(33-4)31-3-6-9(22)12(25)15(28)18(34-6)30-2-5-8(21)10(23)13(26)16(29)32-5/h4-29H,1-3H2/t4-,5-,6-,7+,8-,9+,10+,11+,12+,13+,14-,15-,16?,17+,18+/m1/s1. The van der Waals surface area contributed by atoms with Crippen LogP contribution in [0.15, 0.2) is 0 Å². The number of ether oxygens (including phenoxy) is 5. The molecule has 16 heteroatoms. The summed E-state index contributed by atoms with van der Waals surface area (Å²) in [6.07, 6.45) is -24.4. The molecule has 0 radical (unpaired) electrons. The number of rotatable bonds is 7. The van der Waals surface area contributed by atoms with Gasteiger partial charge in [0.1, 0.15) is 73.2 Å². The Bertz CT molecular complexity index is 639. The first-order chi connectivity index (χ1) is 16.0. The Morgan fingerprint density at radius 2 is 0.824 bits per heavy atom. The van der Waals surface area contributed by atoms with E-state index in [2.05, 4.69) is 0 Å². The summed E-state index contributed by atoms with van der Waals surface area (Å²) >= 11 is 0. The fraction of sp³-hybridized carbons (Fsp3) is 1.00. The summed E-state index contributed by atoms with van der Waals surface area (Å²) in [4.78, 5) is 0. The van der Waals surface area contributed by atoms with Crippen molar-refractivity contribution >= 4 is 0 Å². The van der Waals surface area contributed by atoms with Crippen LogP contribution in [0.3, 0.4) is 0 Å². The van der Waals surface area contributed by atoms with Gasteiger partial charge in [0.2, 0.25) is 0 Å². The van der Waals surface area contributed by atoms with Crippen LogP contribution >= 0.6 is 0 Å². The molecule has 11 N–H and O–H groups in total. The zero-order valence-corrected chi connectivity index (χ0v) is 17.7. The summed E-state index contributed by atoms with van der Waals surface area (Å²) in [6.45, 7) is -1.84. The molecule has 0 aromatic heterocycles. The van der Waals surface area contributed by atoms with Gasteiger partial charge in [-0.15, -0.1) is 0 Å².